The molecule has 1 aliphatic rings. The minimum Gasteiger partial charge on any atom is -0.493 e. The molecule has 1 unspecified atom stereocenters. The van der Waals surface area contributed by atoms with Gasteiger partial charge in [-0.05, 0) is 40.6 Å². The standard InChI is InChI=1S/C15H16IN3O2/c1-20-8-11-13(16)14(17)19-15(18-11)10-6-9-4-2-3-5-12(9)21-7-10/h2-5,10H,6-8H2,1H3,(H2,17,18,19). The second-order valence-electron chi connectivity index (χ2n) is 4.98. The van der Waals surface area contributed by atoms with Gasteiger partial charge in [-0.15, -0.1) is 0 Å². The number of nitrogen functional groups attached to an aromatic ring is 1. The first-order valence-corrected chi connectivity index (χ1v) is 7.78. The van der Waals surface area contributed by atoms with E-state index in [9.17, 15) is 0 Å². The van der Waals surface area contributed by atoms with E-state index in [1.165, 1.54) is 5.56 Å². The molecule has 1 aromatic heterocycles. The second kappa shape index (κ2) is 6.15. The van der Waals surface area contributed by atoms with Crippen molar-refractivity contribution in [1.82, 2.24) is 9.97 Å². The Kier molecular flexibility index (Phi) is 4.25. The van der Waals surface area contributed by atoms with Crippen LogP contribution in [0.15, 0.2) is 24.3 Å². The molecule has 0 bridgehead atoms. The van der Waals surface area contributed by atoms with Crippen LogP contribution in [-0.2, 0) is 17.8 Å². The van der Waals surface area contributed by atoms with Gasteiger partial charge in [0.2, 0.25) is 0 Å². The maximum absolute atomic E-state index is 6.00. The van der Waals surface area contributed by atoms with Crippen molar-refractivity contribution < 1.29 is 9.47 Å². The molecule has 0 amide bonds. The molecule has 0 spiro atoms. The average Bonchev–Trinajstić information content (AvgIpc) is 2.51. The van der Waals surface area contributed by atoms with Crippen LogP contribution in [0.4, 0.5) is 5.82 Å². The smallest absolute Gasteiger partial charge is 0.141 e. The number of rotatable bonds is 3. The first kappa shape index (κ1) is 14.5. The van der Waals surface area contributed by atoms with Crippen LogP contribution in [-0.4, -0.2) is 23.7 Å². The van der Waals surface area contributed by atoms with Crippen LogP contribution in [0.5, 0.6) is 5.75 Å². The molecule has 5 nitrogen and oxygen atoms in total. The maximum atomic E-state index is 6.00. The summed E-state index contributed by atoms with van der Waals surface area (Å²) in [5, 5.41) is 0. The zero-order valence-corrected chi connectivity index (χ0v) is 13.8. The van der Waals surface area contributed by atoms with Gasteiger partial charge in [-0.2, -0.15) is 0 Å². The monoisotopic (exact) mass is 397 g/mol. The Bertz CT molecular complexity index is 663. The number of benzene rings is 1. The van der Waals surface area contributed by atoms with Crippen LogP contribution in [0.1, 0.15) is 23.0 Å². The number of ether oxygens (including phenoxy) is 2. The van der Waals surface area contributed by atoms with E-state index in [1.54, 1.807) is 7.11 Å². The van der Waals surface area contributed by atoms with E-state index in [0.29, 0.717) is 19.0 Å². The van der Waals surface area contributed by atoms with Gasteiger partial charge in [-0.25, -0.2) is 9.97 Å². The molecule has 0 saturated carbocycles. The number of aromatic nitrogens is 2. The molecule has 110 valence electrons. The van der Waals surface area contributed by atoms with Crippen molar-refractivity contribution in [2.75, 3.05) is 19.5 Å². The van der Waals surface area contributed by atoms with Gasteiger partial charge in [0.25, 0.3) is 0 Å². The second-order valence-corrected chi connectivity index (χ2v) is 6.06. The third kappa shape index (κ3) is 2.96. The molecule has 0 radical (unpaired) electrons. The summed E-state index contributed by atoms with van der Waals surface area (Å²) in [6.45, 7) is 1.01. The Morgan fingerprint density at radius 2 is 2.19 bits per heavy atom. The summed E-state index contributed by atoms with van der Waals surface area (Å²) in [5.74, 6) is 2.31. The Labute approximate surface area is 137 Å². The lowest BCUT2D eigenvalue weighted by molar-refractivity contribution is 0.180. The molecule has 0 saturated heterocycles. The highest BCUT2D eigenvalue weighted by atomic mass is 127. The lowest BCUT2D eigenvalue weighted by atomic mass is 9.96. The molecular weight excluding hydrogens is 381 g/mol. The zero-order chi connectivity index (χ0) is 14.8. The minimum absolute atomic E-state index is 0.120. The molecule has 2 aromatic rings. The number of halogens is 1. The summed E-state index contributed by atoms with van der Waals surface area (Å²) >= 11 is 2.15. The number of anilines is 1. The van der Waals surface area contributed by atoms with Crippen molar-refractivity contribution >= 4 is 28.4 Å². The molecule has 1 atom stereocenters. The maximum Gasteiger partial charge on any atom is 0.141 e. The molecule has 21 heavy (non-hydrogen) atoms. The molecular formula is C15H16IN3O2. The van der Waals surface area contributed by atoms with Gasteiger partial charge in [0.15, 0.2) is 0 Å². The van der Waals surface area contributed by atoms with Crippen molar-refractivity contribution in [3.8, 4) is 5.75 Å². The predicted octanol–water partition coefficient (Wildman–Crippen LogP) is 2.53. The number of nitrogens with two attached hydrogens (primary N) is 1. The zero-order valence-electron chi connectivity index (χ0n) is 11.7. The third-order valence-corrected chi connectivity index (χ3v) is 4.66. The Morgan fingerprint density at radius 3 is 3.00 bits per heavy atom. The van der Waals surface area contributed by atoms with E-state index >= 15 is 0 Å². The quantitative estimate of drug-likeness (QED) is 0.807. The molecule has 2 heterocycles. The number of nitrogens with zero attached hydrogens (tertiary/aromatic N) is 2. The van der Waals surface area contributed by atoms with Crippen molar-refractivity contribution in [3.05, 3.63) is 44.9 Å². The minimum atomic E-state index is 0.120. The summed E-state index contributed by atoms with van der Waals surface area (Å²) in [4.78, 5) is 9.05. The van der Waals surface area contributed by atoms with Crippen molar-refractivity contribution in [2.24, 2.45) is 0 Å². The summed E-state index contributed by atoms with van der Waals surface area (Å²) in [5.41, 5.74) is 8.01. The molecule has 3 rings (SSSR count). The highest BCUT2D eigenvalue weighted by Crippen LogP contribution is 2.31. The van der Waals surface area contributed by atoms with E-state index < -0.39 is 0 Å². The van der Waals surface area contributed by atoms with Crippen LogP contribution in [0.2, 0.25) is 0 Å². The lowest BCUT2D eigenvalue weighted by Gasteiger charge is -2.24. The highest BCUT2D eigenvalue weighted by molar-refractivity contribution is 14.1. The van der Waals surface area contributed by atoms with Crippen LogP contribution in [0.3, 0.4) is 0 Å². The van der Waals surface area contributed by atoms with Gasteiger partial charge < -0.3 is 15.2 Å². The Balaban J connectivity index is 1.91. The SMILES string of the molecule is COCc1nc(C2COc3ccccc3C2)nc(N)c1I. The Morgan fingerprint density at radius 1 is 1.38 bits per heavy atom. The predicted molar refractivity (Wildman–Crippen MR) is 88.3 cm³/mol. The van der Waals surface area contributed by atoms with E-state index in [2.05, 4.69) is 38.6 Å². The topological polar surface area (TPSA) is 70.3 Å². The molecule has 2 N–H and O–H groups in total. The molecule has 1 aromatic carbocycles. The molecule has 0 aliphatic carbocycles. The number of para-hydroxylation sites is 1. The van der Waals surface area contributed by atoms with Crippen LogP contribution < -0.4 is 10.5 Å². The average molecular weight is 397 g/mol. The van der Waals surface area contributed by atoms with Gasteiger partial charge in [0.1, 0.15) is 17.4 Å². The van der Waals surface area contributed by atoms with Gasteiger partial charge >= 0.3 is 0 Å². The van der Waals surface area contributed by atoms with E-state index in [-0.39, 0.29) is 5.92 Å². The Hall–Kier alpha value is -1.41. The van der Waals surface area contributed by atoms with Crippen molar-refractivity contribution in [1.29, 1.82) is 0 Å². The lowest BCUT2D eigenvalue weighted by Crippen LogP contribution is -2.22. The van der Waals surface area contributed by atoms with E-state index in [4.69, 9.17) is 15.2 Å². The normalized spacial score (nSPS) is 17.1. The number of hydrogen-bond acceptors (Lipinski definition) is 5. The fourth-order valence-electron chi connectivity index (χ4n) is 2.44. The van der Waals surface area contributed by atoms with Gasteiger partial charge in [-0.1, -0.05) is 18.2 Å². The molecule has 1 aliphatic heterocycles. The largest absolute Gasteiger partial charge is 0.493 e. The summed E-state index contributed by atoms with van der Waals surface area (Å²) < 4.78 is 11.8. The van der Waals surface area contributed by atoms with E-state index in [1.807, 2.05) is 18.2 Å². The van der Waals surface area contributed by atoms with Crippen LogP contribution in [0, 0.1) is 3.57 Å². The molecule has 0 fully saturated rings. The van der Waals surface area contributed by atoms with Crippen LogP contribution >= 0.6 is 22.6 Å². The summed E-state index contributed by atoms with van der Waals surface area (Å²) in [7, 11) is 1.65. The highest BCUT2D eigenvalue weighted by Gasteiger charge is 2.25. The first-order chi connectivity index (χ1) is 10.2. The van der Waals surface area contributed by atoms with Gasteiger partial charge in [0.05, 0.1) is 28.4 Å². The fraction of sp³-hybridized carbons (Fsp3) is 0.333. The third-order valence-electron chi connectivity index (χ3n) is 3.49. The summed E-state index contributed by atoms with van der Waals surface area (Å²) in [6.07, 6.45) is 0.864. The number of hydrogen-bond donors (Lipinski definition) is 1. The van der Waals surface area contributed by atoms with Gasteiger partial charge in [0, 0.05) is 7.11 Å². The number of methoxy groups -OCH3 is 1. The van der Waals surface area contributed by atoms with Crippen LogP contribution in [0.25, 0.3) is 0 Å². The first-order valence-electron chi connectivity index (χ1n) is 6.70. The van der Waals surface area contributed by atoms with Crippen molar-refractivity contribution in [2.45, 2.75) is 18.9 Å². The summed E-state index contributed by atoms with van der Waals surface area (Å²) in [6, 6.07) is 8.07. The van der Waals surface area contributed by atoms with Gasteiger partial charge in [-0.3, -0.25) is 0 Å². The number of fused-ring (bicyclic) bond motifs is 1. The molecule has 6 heteroatoms. The fourth-order valence-corrected chi connectivity index (χ4v) is 2.84. The van der Waals surface area contributed by atoms with Crippen molar-refractivity contribution in [3.63, 3.8) is 0 Å². The van der Waals surface area contributed by atoms with E-state index in [0.717, 1.165) is 27.3 Å².